The first-order valence-electron chi connectivity index (χ1n) is 4.20. The fourth-order valence-corrected chi connectivity index (χ4v) is 1.50. The molecule has 0 aromatic carbocycles. The highest BCUT2D eigenvalue weighted by molar-refractivity contribution is 6.22. The van der Waals surface area contributed by atoms with E-state index < -0.39 is 5.38 Å². The predicted molar refractivity (Wildman–Crippen MR) is 49.3 cm³/mol. The fraction of sp³-hybridized carbons (Fsp3) is 0.750. The van der Waals surface area contributed by atoms with Crippen LogP contribution in [0.25, 0.3) is 0 Å². The number of nitrogens with zero attached hydrogens (tertiary/aromatic N) is 2. The van der Waals surface area contributed by atoms with E-state index in [0.29, 0.717) is 13.1 Å². The molecule has 0 aliphatic carbocycles. The van der Waals surface area contributed by atoms with Crippen molar-refractivity contribution < 1.29 is 4.79 Å². The number of nitriles is 1. The van der Waals surface area contributed by atoms with E-state index in [4.69, 9.17) is 16.9 Å². The summed E-state index contributed by atoms with van der Waals surface area (Å²) in [6.45, 7) is 3.66. The molecule has 1 saturated heterocycles. The van der Waals surface area contributed by atoms with Crippen LogP contribution in [0, 0.1) is 11.3 Å². The molecule has 13 heavy (non-hydrogen) atoms. The third kappa shape index (κ3) is 2.58. The van der Waals surface area contributed by atoms with E-state index in [2.05, 4.69) is 5.32 Å². The van der Waals surface area contributed by atoms with Crippen molar-refractivity contribution in [2.75, 3.05) is 19.6 Å². The molecule has 1 N–H and O–H groups in total. The highest BCUT2D eigenvalue weighted by atomic mass is 35.5. The van der Waals surface area contributed by atoms with Crippen LogP contribution >= 0.6 is 11.6 Å². The van der Waals surface area contributed by atoms with E-state index in [1.54, 1.807) is 0 Å². The van der Waals surface area contributed by atoms with Crippen molar-refractivity contribution in [3.05, 3.63) is 0 Å². The van der Waals surface area contributed by atoms with Crippen LogP contribution in [0.2, 0.25) is 0 Å². The Morgan fingerprint density at radius 2 is 2.62 bits per heavy atom. The van der Waals surface area contributed by atoms with Crippen molar-refractivity contribution in [2.24, 2.45) is 0 Å². The lowest BCUT2D eigenvalue weighted by atomic mass is 10.2. The van der Waals surface area contributed by atoms with Crippen LogP contribution < -0.4 is 5.32 Å². The Labute approximate surface area is 82.5 Å². The highest BCUT2D eigenvalue weighted by Crippen LogP contribution is 2.06. The summed E-state index contributed by atoms with van der Waals surface area (Å²) >= 11 is 5.68. The topological polar surface area (TPSA) is 56.1 Å². The molecule has 0 saturated carbocycles. The van der Waals surface area contributed by atoms with Gasteiger partial charge in [-0.05, 0) is 6.92 Å². The van der Waals surface area contributed by atoms with Crippen LogP contribution in [0.15, 0.2) is 0 Å². The van der Waals surface area contributed by atoms with Gasteiger partial charge >= 0.3 is 0 Å². The SMILES string of the molecule is CC1C(=O)NCCN1CC(Cl)C#N. The number of alkyl halides is 1. The Kier molecular flexibility index (Phi) is 3.52. The molecule has 1 heterocycles. The van der Waals surface area contributed by atoms with Crippen LogP contribution in [0.1, 0.15) is 6.92 Å². The average molecular weight is 202 g/mol. The molecule has 1 rings (SSSR count). The van der Waals surface area contributed by atoms with E-state index in [9.17, 15) is 4.79 Å². The molecule has 4 nitrogen and oxygen atoms in total. The van der Waals surface area contributed by atoms with Gasteiger partial charge in [-0.1, -0.05) is 0 Å². The van der Waals surface area contributed by atoms with E-state index in [1.807, 2.05) is 17.9 Å². The molecule has 1 amide bonds. The molecule has 0 aromatic heterocycles. The molecule has 0 aromatic rings. The molecule has 2 atom stereocenters. The Morgan fingerprint density at radius 3 is 3.23 bits per heavy atom. The molecule has 2 unspecified atom stereocenters. The third-order valence-corrected chi connectivity index (χ3v) is 2.40. The van der Waals surface area contributed by atoms with Gasteiger partial charge in [0.1, 0.15) is 5.38 Å². The number of piperazine rings is 1. The Balaban J connectivity index is 2.49. The Bertz CT molecular complexity index is 238. The van der Waals surface area contributed by atoms with Gasteiger partial charge in [-0.25, -0.2) is 0 Å². The van der Waals surface area contributed by atoms with Crippen LogP contribution in [0.3, 0.4) is 0 Å². The van der Waals surface area contributed by atoms with Crippen molar-refractivity contribution >= 4 is 17.5 Å². The van der Waals surface area contributed by atoms with Crippen LogP contribution in [-0.4, -0.2) is 41.9 Å². The van der Waals surface area contributed by atoms with Gasteiger partial charge in [0, 0.05) is 19.6 Å². The summed E-state index contributed by atoms with van der Waals surface area (Å²) in [6, 6.07) is 1.76. The lowest BCUT2D eigenvalue weighted by Crippen LogP contribution is -2.54. The number of halogens is 1. The second kappa shape index (κ2) is 4.45. The summed E-state index contributed by atoms with van der Waals surface area (Å²) in [5.74, 6) is 0.00746. The van der Waals surface area contributed by atoms with Gasteiger partial charge in [-0.3, -0.25) is 9.69 Å². The number of carbonyl (C=O) groups is 1. The quantitative estimate of drug-likeness (QED) is 0.637. The molecule has 1 aliphatic heterocycles. The summed E-state index contributed by atoms with van der Waals surface area (Å²) in [6.07, 6.45) is 0. The minimum Gasteiger partial charge on any atom is -0.353 e. The number of hydrogen-bond donors (Lipinski definition) is 1. The van der Waals surface area contributed by atoms with Crippen molar-refractivity contribution in [3.8, 4) is 6.07 Å². The average Bonchev–Trinajstić information content (AvgIpc) is 2.13. The van der Waals surface area contributed by atoms with Gasteiger partial charge in [-0.2, -0.15) is 5.26 Å². The van der Waals surface area contributed by atoms with Crippen molar-refractivity contribution in [3.63, 3.8) is 0 Å². The van der Waals surface area contributed by atoms with E-state index in [0.717, 1.165) is 6.54 Å². The molecule has 1 aliphatic rings. The maximum Gasteiger partial charge on any atom is 0.237 e. The number of amides is 1. The second-order valence-corrected chi connectivity index (χ2v) is 3.59. The van der Waals surface area contributed by atoms with Gasteiger partial charge < -0.3 is 5.32 Å². The first-order valence-corrected chi connectivity index (χ1v) is 4.64. The molecule has 0 bridgehead atoms. The summed E-state index contributed by atoms with van der Waals surface area (Å²) in [5.41, 5.74) is 0. The van der Waals surface area contributed by atoms with E-state index in [-0.39, 0.29) is 11.9 Å². The van der Waals surface area contributed by atoms with E-state index >= 15 is 0 Å². The van der Waals surface area contributed by atoms with Gasteiger partial charge in [0.05, 0.1) is 12.1 Å². The van der Waals surface area contributed by atoms with Crippen molar-refractivity contribution in [2.45, 2.75) is 18.3 Å². The zero-order valence-electron chi connectivity index (χ0n) is 7.46. The van der Waals surface area contributed by atoms with Gasteiger partial charge in [0.25, 0.3) is 0 Å². The minimum absolute atomic E-state index is 0.00746. The molecule has 0 spiro atoms. The summed E-state index contributed by atoms with van der Waals surface area (Å²) in [4.78, 5) is 13.1. The monoisotopic (exact) mass is 201 g/mol. The Hall–Kier alpha value is -0.790. The smallest absolute Gasteiger partial charge is 0.237 e. The molecular weight excluding hydrogens is 190 g/mol. The zero-order chi connectivity index (χ0) is 9.84. The molecule has 1 fully saturated rings. The number of hydrogen-bond acceptors (Lipinski definition) is 3. The van der Waals surface area contributed by atoms with Crippen LogP contribution in [0.4, 0.5) is 0 Å². The predicted octanol–water partition coefficient (Wildman–Crippen LogP) is -0.0623. The standard InChI is InChI=1S/C8H12ClN3O/c1-6-8(13)11-2-3-12(6)5-7(9)4-10/h6-7H,2-3,5H2,1H3,(H,11,13). The van der Waals surface area contributed by atoms with Crippen molar-refractivity contribution in [1.82, 2.24) is 10.2 Å². The maximum atomic E-state index is 11.2. The number of nitrogens with one attached hydrogen (secondary N) is 1. The minimum atomic E-state index is -0.534. The lowest BCUT2D eigenvalue weighted by Gasteiger charge is -2.32. The largest absolute Gasteiger partial charge is 0.353 e. The summed E-state index contributed by atoms with van der Waals surface area (Å²) in [5, 5.41) is 10.7. The third-order valence-electron chi connectivity index (χ3n) is 2.16. The van der Waals surface area contributed by atoms with Gasteiger partial charge in [0.2, 0.25) is 5.91 Å². The number of carbonyl (C=O) groups excluding carboxylic acids is 1. The Morgan fingerprint density at radius 1 is 1.92 bits per heavy atom. The molecule has 0 radical (unpaired) electrons. The first kappa shape index (κ1) is 10.3. The van der Waals surface area contributed by atoms with E-state index in [1.165, 1.54) is 0 Å². The van der Waals surface area contributed by atoms with Crippen LogP contribution in [-0.2, 0) is 4.79 Å². The molecular formula is C8H12ClN3O. The van der Waals surface area contributed by atoms with Crippen molar-refractivity contribution in [1.29, 1.82) is 5.26 Å². The normalized spacial score (nSPS) is 26.2. The highest BCUT2D eigenvalue weighted by Gasteiger charge is 2.26. The first-order chi connectivity index (χ1) is 6.15. The summed E-state index contributed by atoms with van der Waals surface area (Å²) < 4.78 is 0. The lowest BCUT2D eigenvalue weighted by molar-refractivity contribution is -0.128. The van der Waals surface area contributed by atoms with Gasteiger partial charge in [-0.15, -0.1) is 11.6 Å². The zero-order valence-corrected chi connectivity index (χ0v) is 8.21. The maximum absolute atomic E-state index is 11.2. The number of rotatable bonds is 2. The van der Waals surface area contributed by atoms with Crippen LogP contribution in [0.5, 0.6) is 0 Å². The molecule has 72 valence electrons. The van der Waals surface area contributed by atoms with Gasteiger partial charge in [0.15, 0.2) is 0 Å². The summed E-state index contributed by atoms with van der Waals surface area (Å²) in [7, 11) is 0. The second-order valence-electron chi connectivity index (χ2n) is 3.06. The fourth-order valence-electron chi connectivity index (χ4n) is 1.33. The molecule has 5 heteroatoms.